The molecule has 0 unspecified atom stereocenters. The number of carbonyl (C=O) groups is 1. The molecule has 2 rings (SSSR count). The third-order valence-electron chi connectivity index (χ3n) is 4.18. The lowest BCUT2D eigenvalue weighted by molar-refractivity contribution is -0.117. The number of carbonyl (C=O) groups excluding carboxylic acids is 1. The number of benzene rings is 1. The number of hydrogen-bond acceptors (Lipinski definition) is 3. The SMILES string of the molecule is COc1ccc(CN2CCC(CCC(C)=O)CC2)cc1. The van der Waals surface area contributed by atoms with Gasteiger partial charge >= 0.3 is 0 Å². The maximum Gasteiger partial charge on any atom is 0.129 e. The molecule has 0 radical (unpaired) electrons. The molecule has 110 valence electrons. The Hall–Kier alpha value is -1.35. The van der Waals surface area contributed by atoms with E-state index in [0.29, 0.717) is 5.78 Å². The minimum absolute atomic E-state index is 0.325. The molecule has 3 nitrogen and oxygen atoms in total. The minimum Gasteiger partial charge on any atom is -0.497 e. The molecule has 1 aromatic carbocycles. The molecule has 0 N–H and O–H groups in total. The van der Waals surface area contributed by atoms with Gasteiger partial charge in [0.1, 0.15) is 11.5 Å². The van der Waals surface area contributed by atoms with Gasteiger partial charge in [0.05, 0.1) is 7.11 Å². The van der Waals surface area contributed by atoms with Crippen molar-refractivity contribution in [2.24, 2.45) is 5.92 Å². The van der Waals surface area contributed by atoms with E-state index in [9.17, 15) is 4.79 Å². The van der Waals surface area contributed by atoms with E-state index in [1.165, 1.54) is 18.4 Å². The first-order chi connectivity index (χ1) is 9.67. The Morgan fingerprint density at radius 1 is 1.25 bits per heavy atom. The van der Waals surface area contributed by atoms with E-state index in [-0.39, 0.29) is 0 Å². The number of nitrogens with zero attached hydrogens (tertiary/aromatic N) is 1. The lowest BCUT2D eigenvalue weighted by Gasteiger charge is -2.31. The molecule has 1 aromatic rings. The van der Waals surface area contributed by atoms with Crippen LogP contribution in [0.1, 0.15) is 38.2 Å². The lowest BCUT2D eigenvalue weighted by Crippen LogP contribution is -2.33. The highest BCUT2D eigenvalue weighted by molar-refractivity contribution is 5.75. The second-order valence-electron chi connectivity index (χ2n) is 5.81. The Balaban J connectivity index is 1.74. The fourth-order valence-corrected chi connectivity index (χ4v) is 2.83. The zero-order valence-electron chi connectivity index (χ0n) is 12.6. The number of ether oxygens (including phenoxy) is 1. The number of hydrogen-bond donors (Lipinski definition) is 0. The van der Waals surface area contributed by atoms with Crippen LogP contribution in [0.15, 0.2) is 24.3 Å². The smallest absolute Gasteiger partial charge is 0.129 e. The molecular formula is C17H25NO2. The molecular weight excluding hydrogens is 250 g/mol. The van der Waals surface area contributed by atoms with Gasteiger partial charge in [0.25, 0.3) is 0 Å². The van der Waals surface area contributed by atoms with Gasteiger partial charge in [-0.1, -0.05) is 12.1 Å². The van der Waals surface area contributed by atoms with E-state index in [2.05, 4.69) is 17.0 Å². The summed E-state index contributed by atoms with van der Waals surface area (Å²) in [5.41, 5.74) is 1.34. The molecule has 1 saturated heterocycles. The summed E-state index contributed by atoms with van der Waals surface area (Å²) in [4.78, 5) is 13.5. The first-order valence-electron chi connectivity index (χ1n) is 7.52. The largest absolute Gasteiger partial charge is 0.497 e. The van der Waals surface area contributed by atoms with Crippen molar-refractivity contribution in [3.8, 4) is 5.75 Å². The third kappa shape index (κ3) is 4.64. The van der Waals surface area contributed by atoms with Crippen molar-refractivity contribution >= 4 is 5.78 Å². The van der Waals surface area contributed by atoms with Crippen LogP contribution >= 0.6 is 0 Å². The van der Waals surface area contributed by atoms with Crippen molar-refractivity contribution in [2.45, 2.75) is 39.2 Å². The zero-order valence-corrected chi connectivity index (χ0v) is 12.6. The van der Waals surface area contributed by atoms with Crippen molar-refractivity contribution < 1.29 is 9.53 Å². The van der Waals surface area contributed by atoms with Gasteiger partial charge in [0.2, 0.25) is 0 Å². The van der Waals surface area contributed by atoms with Crippen molar-refractivity contribution in [1.29, 1.82) is 0 Å². The summed E-state index contributed by atoms with van der Waals surface area (Å²) in [5, 5.41) is 0. The Kier molecular flexibility index (Phi) is 5.60. The topological polar surface area (TPSA) is 29.5 Å². The summed E-state index contributed by atoms with van der Waals surface area (Å²) < 4.78 is 5.18. The van der Waals surface area contributed by atoms with Gasteiger partial charge in [-0.25, -0.2) is 0 Å². The molecule has 1 aliphatic heterocycles. The summed E-state index contributed by atoms with van der Waals surface area (Å²) in [6, 6.07) is 8.32. The third-order valence-corrected chi connectivity index (χ3v) is 4.18. The molecule has 0 aliphatic carbocycles. The highest BCUT2D eigenvalue weighted by atomic mass is 16.5. The average Bonchev–Trinajstić information content (AvgIpc) is 2.47. The summed E-state index contributed by atoms with van der Waals surface area (Å²) in [5.74, 6) is 1.98. The van der Waals surface area contributed by atoms with Gasteiger partial charge in [0.15, 0.2) is 0 Å². The maximum atomic E-state index is 11.0. The molecule has 1 fully saturated rings. The molecule has 0 atom stereocenters. The summed E-state index contributed by atoms with van der Waals surface area (Å²) in [6.45, 7) is 5.01. The van der Waals surface area contributed by atoms with Gasteiger partial charge in [-0.2, -0.15) is 0 Å². The Morgan fingerprint density at radius 3 is 2.45 bits per heavy atom. The van der Waals surface area contributed by atoms with E-state index >= 15 is 0 Å². The fourth-order valence-electron chi connectivity index (χ4n) is 2.83. The van der Waals surface area contributed by atoms with Crippen LogP contribution in [-0.2, 0) is 11.3 Å². The number of Topliss-reactive ketones (excluding diaryl/α,β-unsaturated/α-hetero) is 1. The predicted molar refractivity (Wildman–Crippen MR) is 80.9 cm³/mol. The van der Waals surface area contributed by atoms with Gasteiger partial charge in [-0.15, -0.1) is 0 Å². The van der Waals surface area contributed by atoms with Gasteiger partial charge in [-0.3, -0.25) is 4.90 Å². The van der Waals surface area contributed by atoms with Crippen LogP contribution in [0.4, 0.5) is 0 Å². The monoisotopic (exact) mass is 275 g/mol. The summed E-state index contributed by atoms with van der Waals surface area (Å²) >= 11 is 0. The number of likely N-dealkylation sites (tertiary alicyclic amines) is 1. The van der Waals surface area contributed by atoms with Crippen LogP contribution in [0, 0.1) is 5.92 Å². The molecule has 3 heteroatoms. The van der Waals surface area contributed by atoms with Gasteiger partial charge in [-0.05, 0) is 62.9 Å². The number of methoxy groups -OCH3 is 1. The molecule has 20 heavy (non-hydrogen) atoms. The Labute approximate surface area is 121 Å². The van der Waals surface area contributed by atoms with Crippen LogP contribution in [0.3, 0.4) is 0 Å². The van der Waals surface area contributed by atoms with Crippen molar-refractivity contribution in [2.75, 3.05) is 20.2 Å². The second kappa shape index (κ2) is 7.44. The van der Waals surface area contributed by atoms with Gasteiger partial charge in [0, 0.05) is 13.0 Å². The number of piperidine rings is 1. The van der Waals surface area contributed by atoms with Crippen LogP contribution in [0.25, 0.3) is 0 Å². The Bertz CT molecular complexity index is 419. The zero-order chi connectivity index (χ0) is 14.4. The minimum atomic E-state index is 0.325. The van der Waals surface area contributed by atoms with Crippen molar-refractivity contribution in [1.82, 2.24) is 4.90 Å². The van der Waals surface area contributed by atoms with E-state index in [1.54, 1.807) is 14.0 Å². The lowest BCUT2D eigenvalue weighted by atomic mass is 9.91. The maximum absolute atomic E-state index is 11.0. The second-order valence-corrected chi connectivity index (χ2v) is 5.81. The summed E-state index contributed by atoms with van der Waals surface area (Å²) in [7, 11) is 1.70. The normalized spacial score (nSPS) is 17.1. The number of rotatable bonds is 6. The molecule has 0 spiro atoms. The molecule has 1 heterocycles. The van der Waals surface area contributed by atoms with Crippen LogP contribution < -0.4 is 4.74 Å². The van der Waals surface area contributed by atoms with Crippen LogP contribution in [0.2, 0.25) is 0 Å². The van der Waals surface area contributed by atoms with Gasteiger partial charge < -0.3 is 9.53 Å². The predicted octanol–water partition coefficient (Wildman–Crippen LogP) is 3.28. The molecule has 0 amide bonds. The molecule has 0 aromatic heterocycles. The molecule has 0 bridgehead atoms. The van der Waals surface area contributed by atoms with E-state index < -0.39 is 0 Å². The molecule has 0 saturated carbocycles. The molecule has 1 aliphatic rings. The highest BCUT2D eigenvalue weighted by Crippen LogP contribution is 2.23. The highest BCUT2D eigenvalue weighted by Gasteiger charge is 2.19. The van der Waals surface area contributed by atoms with Crippen molar-refractivity contribution in [3.05, 3.63) is 29.8 Å². The van der Waals surface area contributed by atoms with E-state index in [1.807, 2.05) is 12.1 Å². The number of ketones is 1. The first kappa shape index (κ1) is 15.0. The Morgan fingerprint density at radius 2 is 1.90 bits per heavy atom. The van der Waals surface area contributed by atoms with E-state index in [0.717, 1.165) is 44.1 Å². The van der Waals surface area contributed by atoms with E-state index in [4.69, 9.17) is 4.74 Å². The summed E-state index contributed by atoms with van der Waals surface area (Å²) in [6.07, 6.45) is 4.28. The van der Waals surface area contributed by atoms with Crippen LogP contribution in [-0.4, -0.2) is 30.9 Å². The first-order valence-corrected chi connectivity index (χ1v) is 7.52. The van der Waals surface area contributed by atoms with Crippen LogP contribution in [0.5, 0.6) is 5.75 Å². The van der Waals surface area contributed by atoms with Crippen molar-refractivity contribution in [3.63, 3.8) is 0 Å². The average molecular weight is 275 g/mol. The fraction of sp³-hybridized carbons (Fsp3) is 0.588. The standard InChI is InChI=1S/C17H25NO2/c1-14(19)3-4-15-9-11-18(12-10-15)13-16-5-7-17(20-2)8-6-16/h5-8,15H,3-4,9-13H2,1-2H3. The quantitative estimate of drug-likeness (QED) is 0.798.